The van der Waals surface area contributed by atoms with Crippen molar-refractivity contribution in [2.24, 2.45) is 0 Å². The van der Waals surface area contributed by atoms with E-state index in [0.717, 1.165) is 0 Å². The third-order valence-electron chi connectivity index (χ3n) is 3.39. The highest BCUT2D eigenvalue weighted by Crippen LogP contribution is 2.23. The molecule has 0 spiro atoms. The van der Waals surface area contributed by atoms with Crippen molar-refractivity contribution in [3.8, 4) is 11.5 Å². The quantitative estimate of drug-likeness (QED) is 0.590. The first-order chi connectivity index (χ1) is 13.1. The molecule has 0 aliphatic rings. The molecule has 0 saturated heterocycles. The maximum absolute atomic E-state index is 11.7. The Morgan fingerprint density at radius 2 is 1.15 bits per heavy atom. The Bertz CT molecular complexity index is 707. The maximum Gasteiger partial charge on any atom is 0.257 e. The van der Waals surface area contributed by atoms with Crippen LogP contribution in [0.5, 0.6) is 11.5 Å². The summed E-state index contributed by atoms with van der Waals surface area (Å²) in [7, 11) is 0. The molecule has 0 aliphatic heterocycles. The van der Waals surface area contributed by atoms with E-state index in [0.29, 0.717) is 41.1 Å². The monoisotopic (exact) mass is 410 g/mol. The van der Waals surface area contributed by atoms with E-state index in [1.807, 2.05) is 0 Å². The topological polar surface area (TPSA) is 76.7 Å². The lowest BCUT2D eigenvalue weighted by molar-refractivity contribution is -0.123. The predicted octanol–water partition coefficient (Wildman–Crippen LogP) is 3.07. The zero-order chi connectivity index (χ0) is 19.5. The van der Waals surface area contributed by atoms with Gasteiger partial charge >= 0.3 is 0 Å². The summed E-state index contributed by atoms with van der Waals surface area (Å²) in [6.45, 7) is 0.580. The number of rotatable bonds is 10. The van der Waals surface area contributed by atoms with Crippen molar-refractivity contribution >= 4 is 35.0 Å². The van der Waals surface area contributed by atoms with Crippen LogP contribution in [0.2, 0.25) is 10.0 Å². The van der Waals surface area contributed by atoms with Crippen LogP contribution in [0.1, 0.15) is 6.42 Å². The van der Waals surface area contributed by atoms with Crippen LogP contribution < -0.4 is 20.1 Å². The van der Waals surface area contributed by atoms with Crippen LogP contribution >= 0.6 is 23.2 Å². The minimum Gasteiger partial charge on any atom is -0.482 e. The summed E-state index contributed by atoms with van der Waals surface area (Å²) in [5, 5.41) is 6.31. The molecule has 8 heteroatoms. The smallest absolute Gasteiger partial charge is 0.257 e. The van der Waals surface area contributed by atoms with Crippen LogP contribution in [0, 0.1) is 0 Å². The fourth-order valence-electron chi connectivity index (χ4n) is 2.06. The molecule has 0 aliphatic carbocycles. The van der Waals surface area contributed by atoms with Gasteiger partial charge < -0.3 is 20.1 Å². The lowest BCUT2D eigenvalue weighted by atomic mass is 10.3. The Morgan fingerprint density at radius 3 is 1.56 bits per heavy atom. The van der Waals surface area contributed by atoms with E-state index in [9.17, 15) is 9.59 Å². The third-order valence-corrected chi connectivity index (χ3v) is 4.01. The number of hydrogen-bond donors (Lipinski definition) is 2. The number of halogens is 2. The summed E-state index contributed by atoms with van der Waals surface area (Å²) in [6.07, 6.45) is 0.579. The molecule has 27 heavy (non-hydrogen) atoms. The summed E-state index contributed by atoms with van der Waals surface area (Å²) >= 11 is 11.9. The Balaban J connectivity index is 1.53. The van der Waals surface area contributed by atoms with Gasteiger partial charge in [0.25, 0.3) is 11.8 Å². The molecular formula is C19H20Cl2N2O4. The molecule has 0 radical (unpaired) electrons. The van der Waals surface area contributed by atoms with Crippen molar-refractivity contribution < 1.29 is 19.1 Å². The third kappa shape index (κ3) is 7.76. The Kier molecular flexibility index (Phi) is 8.74. The van der Waals surface area contributed by atoms with Crippen molar-refractivity contribution in [1.29, 1.82) is 0 Å². The highest BCUT2D eigenvalue weighted by atomic mass is 35.5. The number of amides is 2. The van der Waals surface area contributed by atoms with E-state index in [2.05, 4.69) is 10.6 Å². The Hall–Kier alpha value is -2.44. The average Bonchev–Trinajstić information content (AvgIpc) is 2.66. The fraction of sp³-hybridized carbons (Fsp3) is 0.263. The van der Waals surface area contributed by atoms with Crippen molar-refractivity contribution in [3.05, 3.63) is 58.6 Å². The molecule has 0 bridgehead atoms. The number of hydrogen-bond acceptors (Lipinski definition) is 4. The molecule has 2 N–H and O–H groups in total. The second-order valence-corrected chi connectivity index (χ2v) is 6.31. The molecule has 0 fully saturated rings. The molecule has 6 nitrogen and oxygen atoms in total. The summed E-state index contributed by atoms with van der Waals surface area (Å²) in [5.41, 5.74) is 0. The molecule has 144 valence electrons. The molecule has 0 saturated carbocycles. The van der Waals surface area contributed by atoms with Gasteiger partial charge in [0.2, 0.25) is 0 Å². The normalized spacial score (nSPS) is 10.1. The number of benzene rings is 2. The summed E-state index contributed by atoms with van der Waals surface area (Å²) < 4.78 is 10.7. The SMILES string of the molecule is O=C(COc1ccccc1Cl)NCCCNC(=O)COc1ccccc1Cl. The van der Waals surface area contributed by atoms with E-state index in [-0.39, 0.29) is 25.0 Å². The Morgan fingerprint density at radius 1 is 0.741 bits per heavy atom. The summed E-state index contributed by atoms with van der Waals surface area (Å²) in [4.78, 5) is 23.4. The zero-order valence-corrected chi connectivity index (χ0v) is 16.1. The van der Waals surface area contributed by atoms with Gasteiger partial charge in [-0.2, -0.15) is 0 Å². The number of nitrogens with one attached hydrogen (secondary N) is 2. The largest absolute Gasteiger partial charge is 0.482 e. The van der Waals surface area contributed by atoms with Crippen molar-refractivity contribution in [2.45, 2.75) is 6.42 Å². The molecule has 2 aromatic rings. The van der Waals surface area contributed by atoms with Crippen LogP contribution in [0.3, 0.4) is 0 Å². The van der Waals surface area contributed by atoms with Gasteiger partial charge in [0, 0.05) is 13.1 Å². The van der Waals surface area contributed by atoms with Crippen molar-refractivity contribution in [3.63, 3.8) is 0 Å². The van der Waals surface area contributed by atoms with Crippen LogP contribution in [0.4, 0.5) is 0 Å². The molecule has 0 heterocycles. The molecule has 2 rings (SSSR count). The molecule has 0 aromatic heterocycles. The van der Waals surface area contributed by atoms with Crippen LogP contribution in [0.25, 0.3) is 0 Å². The number of ether oxygens (including phenoxy) is 2. The van der Waals surface area contributed by atoms with Gasteiger partial charge in [0.05, 0.1) is 10.0 Å². The Labute approximate surface area is 167 Å². The van der Waals surface area contributed by atoms with Gasteiger partial charge in [0.15, 0.2) is 13.2 Å². The van der Waals surface area contributed by atoms with E-state index < -0.39 is 0 Å². The lowest BCUT2D eigenvalue weighted by Crippen LogP contribution is -2.34. The first-order valence-corrected chi connectivity index (χ1v) is 9.10. The second-order valence-electron chi connectivity index (χ2n) is 5.49. The predicted molar refractivity (Wildman–Crippen MR) is 105 cm³/mol. The van der Waals surface area contributed by atoms with E-state index in [4.69, 9.17) is 32.7 Å². The van der Waals surface area contributed by atoms with Crippen molar-refractivity contribution in [1.82, 2.24) is 10.6 Å². The molecule has 0 atom stereocenters. The summed E-state index contributed by atoms with van der Waals surface area (Å²) in [6, 6.07) is 13.9. The minimum atomic E-state index is -0.261. The van der Waals surface area contributed by atoms with Gasteiger partial charge in [-0.05, 0) is 30.7 Å². The van der Waals surface area contributed by atoms with Gasteiger partial charge in [-0.1, -0.05) is 47.5 Å². The highest BCUT2D eigenvalue weighted by Gasteiger charge is 2.06. The standard InChI is InChI=1S/C19H20Cl2N2O4/c20-14-6-1-3-8-16(14)26-12-18(24)22-10-5-11-23-19(25)13-27-17-9-4-2-7-15(17)21/h1-4,6-9H,5,10-13H2,(H,22,24)(H,23,25). The fourth-order valence-corrected chi connectivity index (χ4v) is 2.44. The number of carbonyl (C=O) groups is 2. The van der Waals surface area contributed by atoms with Gasteiger partial charge in [-0.25, -0.2) is 0 Å². The van der Waals surface area contributed by atoms with Crippen LogP contribution in [0.15, 0.2) is 48.5 Å². The lowest BCUT2D eigenvalue weighted by Gasteiger charge is -2.10. The molecule has 0 unspecified atom stereocenters. The number of carbonyl (C=O) groups excluding carboxylic acids is 2. The van der Waals surface area contributed by atoms with Gasteiger partial charge in [0.1, 0.15) is 11.5 Å². The molecule has 2 aromatic carbocycles. The van der Waals surface area contributed by atoms with Crippen LogP contribution in [-0.2, 0) is 9.59 Å². The molecular weight excluding hydrogens is 391 g/mol. The maximum atomic E-state index is 11.7. The second kappa shape index (κ2) is 11.3. The van der Waals surface area contributed by atoms with Gasteiger partial charge in [-0.15, -0.1) is 0 Å². The number of para-hydroxylation sites is 2. The summed E-state index contributed by atoms with van der Waals surface area (Å²) in [5.74, 6) is 0.395. The highest BCUT2D eigenvalue weighted by molar-refractivity contribution is 6.32. The van der Waals surface area contributed by atoms with E-state index in [1.165, 1.54) is 0 Å². The first kappa shape index (κ1) is 20.9. The van der Waals surface area contributed by atoms with Crippen LogP contribution in [-0.4, -0.2) is 38.1 Å². The zero-order valence-electron chi connectivity index (χ0n) is 14.5. The molecule has 2 amide bonds. The van der Waals surface area contributed by atoms with Gasteiger partial charge in [-0.3, -0.25) is 9.59 Å². The van der Waals surface area contributed by atoms with E-state index in [1.54, 1.807) is 48.5 Å². The average molecular weight is 411 g/mol. The minimum absolute atomic E-state index is 0.123. The van der Waals surface area contributed by atoms with E-state index >= 15 is 0 Å². The first-order valence-electron chi connectivity index (χ1n) is 8.34. The van der Waals surface area contributed by atoms with Crippen molar-refractivity contribution in [2.75, 3.05) is 26.3 Å².